The second-order valence-corrected chi connectivity index (χ2v) is 11.6. The van der Waals surface area contributed by atoms with E-state index < -0.39 is 28.5 Å². The normalized spacial score (nSPS) is 12.9. The van der Waals surface area contributed by atoms with Crippen LogP contribution in [-0.4, -0.2) is 43.8 Å². The fourth-order valence-corrected chi connectivity index (χ4v) is 5.34. The second-order valence-electron chi connectivity index (χ2n) is 9.30. The highest BCUT2D eigenvalue weighted by Crippen LogP contribution is 2.25. The van der Waals surface area contributed by atoms with E-state index in [1.54, 1.807) is 37.3 Å². The van der Waals surface area contributed by atoms with Crippen LogP contribution in [0.2, 0.25) is 5.02 Å². The van der Waals surface area contributed by atoms with Gasteiger partial charge in [-0.25, -0.2) is 8.42 Å². The molecule has 9 heteroatoms. The van der Waals surface area contributed by atoms with Gasteiger partial charge in [0.15, 0.2) is 0 Å². The Morgan fingerprint density at radius 1 is 0.921 bits per heavy atom. The number of amides is 2. The molecule has 0 saturated heterocycles. The molecule has 0 spiro atoms. The number of nitrogens with one attached hydrogen (secondary N) is 1. The molecule has 7 nitrogen and oxygen atoms in total. The zero-order chi connectivity index (χ0) is 27.9. The third-order valence-electron chi connectivity index (χ3n) is 6.37. The minimum absolute atomic E-state index is 0.00574. The van der Waals surface area contributed by atoms with Crippen LogP contribution in [0.5, 0.6) is 0 Å². The Labute approximate surface area is 230 Å². The average Bonchev–Trinajstić information content (AvgIpc) is 2.91. The summed E-state index contributed by atoms with van der Waals surface area (Å²) in [6.07, 6.45) is 0.742. The van der Waals surface area contributed by atoms with Crippen LogP contribution in [0.25, 0.3) is 0 Å². The third kappa shape index (κ3) is 7.36. The molecule has 3 aromatic carbocycles. The van der Waals surface area contributed by atoms with E-state index in [4.69, 9.17) is 11.6 Å². The molecule has 3 rings (SSSR count). The van der Waals surface area contributed by atoms with Gasteiger partial charge in [0.2, 0.25) is 11.8 Å². The van der Waals surface area contributed by atoms with E-state index in [0.717, 1.165) is 21.9 Å². The zero-order valence-corrected chi connectivity index (χ0v) is 23.7. The molecule has 38 heavy (non-hydrogen) atoms. The van der Waals surface area contributed by atoms with E-state index in [2.05, 4.69) is 5.32 Å². The molecule has 2 atom stereocenters. The van der Waals surface area contributed by atoms with Gasteiger partial charge in [-0.2, -0.15) is 0 Å². The Bertz CT molecular complexity index is 1330. The van der Waals surface area contributed by atoms with Gasteiger partial charge in [0.05, 0.1) is 10.6 Å². The molecule has 0 unspecified atom stereocenters. The molecule has 2 amide bonds. The number of sulfonamides is 1. The van der Waals surface area contributed by atoms with E-state index in [9.17, 15) is 18.0 Å². The molecule has 0 aliphatic carbocycles. The molecule has 0 bridgehead atoms. The lowest BCUT2D eigenvalue weighted by Crippen LogP contribution is -2.52. The molecule has 0 radical (unpaired) electrons. The highest BCUT2D eigenvalue weighted by atomic mass is 35.5. The lowest BCUT2D eigenvalue weighted by atomic mass is 10.1. The SMILES string of the molecule is CC[C@H](C)NC(=O)[C@H](C)N(Cc1ccc(C)cc1)C(=O)CN(c1ccccc1)S(=O)(=O)c1ccc(Cl)cc1. The molecule has 3 aromatic rings. The lowest BCUT2D eigenvalue weighted by molar-refractivity contribution is -0.139. The van der Waals surface area contributed by atoms with Crippen LogP contribution in [-0.2, 0) is 26.2 Å². The van der Waals surface area contributed by atoms with Crippen LogP contribution in [0.3, 0.4) is 0 Å². The molecular weight excluding hydrogens is 522 g/mol. The number of carbonyl (C=O) groups is 2. The summed E-state index contributed by atoms with van der Waals surface area (Å²) in [6.45, 7) is 7.15. The topological polar surface area (TPSA) is 86.8 Å². The molecule has 0 saturated carbocycles. The van der Waals surface area contributed by atoms with Gasteiger partial charge in [0, 0.05) is 17.6 Å². The number of nitrogens with zero attached hydrogens (tertiary/aromatic N) is 2. The summed E-state index contributed by atoms with van der Waals surface area (Å²) in [5, 5.41) is 3.33. The number of hydrogen-bond donors (Lipinski definition) is 1. The molecule has 0 aliphatic rings. The van der Waals surface area contributed by atoms with Crippen molar-refractivity contribution in [3.05, 3.63) is 95.0 Å². The highest BCUT2D eigenvalue weighted by Gasteiger charge is 2.32. The first kappa shape index (κ1) is 29.2. The lowest BCUT2D eigenvalue weighted by Gasteiger charge is -2.32. The summed E-state index contributed by atoms with van der Waals surface area (Å²) in [4.78, 5) is 28.3. The largest absolute Gasteiger partial charge is 0.352 e. The van der Waals surface area contributed by atoms with E-state index in [1.165, 1.54) is 29.2 Å². The molecule has 0 fully saturated rings. The van der Waals surface area contributed by atoms with Crippen LogP contribution < -0.4 is 9.62 Å². The smallest absolute Gasteiger partial charge is 0.264 e. The van der Waals surface area contributed by atoms with Gasteiger partial charge in [0.25, 0.3) is 10.0 Å². The fraction of sp³-hybridized carbons (Fsp3) is 0.310. The van der Waals surface area contributed by atoms with E-state index in [1.807, 2.05) is 45.0 Å². The van der Waals surface area contributed by atoms with Crippen LogP contribution in [0, 0.1) is 6.92 Å². The fourth-order valence-electron chi connectivity index (χ4n) is 3.80. The van der Waals surface area contributed by atoms with Gasteiger partial charge in [-0.1, -0.05) is 66.6 Å². The van der Waals surface area contributed by atoms with Crippen molar-refractivity contribution in [2.45, 2.75) is 57.6 Å². The predicted octanol–water partition coefficient (Wildman–Crippen LogP) is 5.18. The third-order valence-corrected chi connectivity index (χ3v) is 8.41. The molecule has 202 valence electrons. The van der Waals surface area contributed by atoms with Crippen LogP contribution in [0.15, 0.2) is 83.8 Å². The first-order valence-electron chi connectivity index (χ1n) is 12.5. The predicted molar refractivity (Wildman–Crippen MR) is 152 cm³/mol. The number of para-hydroxylation sites is 1. The van der Waals surface area contributed by atoms with Crippen molar-refractivity contribution in [2.24, 2.45) is 0 Å². The number of rotatable bonds is 11. The van der Waals surface area contributed by atoms with Crippen LogP contribution >= 0.6 is 11.6 Å². The first-order valence-corrected chi connectivity index (χ1v) is 14.3. The van der Waals surface area contributed by atoms with Gasteiger partial charge in [-0.15, -0.1) is 0 Å². The van der Waals surface area contributed by atoms with Crippen LogP contribution in [0.1, 0.15) is 38.3 Å². The summed E-state index contributed by atoms with van der Waals surface area (Å²) < 4.78 is 28.5. The number of anilines is 1. The Hall–Kier alpha value is -3.36. The molecule has 0 aliphatic heterocycles. The maximum absolute atomic E-state index is 13.9. The summed E-state index contributed by atoms with van der Waals surface area (Å²) >= 11 is 5.97. The number of carbonyl (C=O) groups excluding carboxylic acids is 2. The van der Waals surface area contributed by atoms with Crippen LogP contribution in [0.4, 0.5) is 5.69 Å². The van der Waals surface area contributed by atoms with E-state index in [-0.39, 0.29) is 23.4 Å². The summed E-state index contributed by atoms with van der Waals surface area (Å²) in [5.74, 6) is -0.801. The van der Waals surface area contributed by atoms with Crippen molar-refractivity contribution in [1.29, 1.82) is 0 Å². The van der Waals surface area contributed by atoms with Crippen molar-refractivity contribution in [3.8, 4) is 0 Å². The Balaban J connectivity index is 1.99. The summed E-state index contributed by atoms with van der Waals surface area (Å²) in [7, 11) is -4.12. The number of hydrogen-bond acceptors (Lipinski definition) is 4. The average molecular weight is 556 g/mol. The first-order chi connectivity index (χ1) is 18.0. The van der Waals surface area contributed by atoms with Crippen molar-refractivity contribution in [2.75, 3.05) is 10.8 Å². The van der Waals surface area contributed by atoms with Crippen molar-refractivity contribution < 1.29 is 18.0 Å². The second kappa shape index (κ2) is 12.9. The number of halogens is 1. The Morgan fingerprint density at radius 2 is 1.53 bits per heavy atom. The van der Waals surface area contributed by atoms with Gasteiger partial charge < -0.3 is 10.2 Å². The minimum atomic E-state index is -4.12. The van der Waals surface area contributed by atoms with Gasteiger partial charge in [-0.05, 0) is 69.2 Å². The quantitative estimate of drug-likeness (QED) is 0.353. The molecule has 1 N–H and O–H groups in total. The number of benzene rings is 3. The maximum Gasteiger partial charge on any atom is 0.264 e. The standard InChI is InChI=1S/C29H34ClN3O4S/c1-5-22(3)31-29(35)23(4)32(19-24-13-11-21(2)12-14-24)28(34)20-33(26-9-7-6-8-10-26)38(36,37)27-17-15-25(30)16-18-27/h6-18,22-23H,5,19-20H2,1-4H3,(H,31,35)/t22-,23-/m0/s1. The molecular formula is C29H34ClN3O4S. The van der Waals surface area contributed by atoms with Crippen molar-refractivity contribution in [1.82, 2.24) is 10.2 Å². The summed E-state index contributed by atoms with van der Waals surface area (Å²) in [5.41, 5.74) is 2.24. The van der Waals surface area contributed by atoms with Gasteiger partial charge in [0.1, 0.15) is 12.6 Å². The summed E-state index contributed by atoms with van der Waals surface area (Å²) in [6, 6.07) is 21.0. The van der Waals surface area contributed by atoms with Crippen molar-refractivity contribution >= 4 is 39.1 Å². The van der Waals surface area contributed by atoms with Gasteiger partial charge in [-0.3, -0.25) is 13.9 Å². The monoisotopic (exact) mass is 555 g/mol. The maximum atomic E-state index is 13.9. The van der Waals surface area contributed by atoms with Crippen molar-refractivity contribution in [3.63, 3.8) is 0 Å². The van der Waals surface area contributed by atoms with E-state index in [0.29, 0.717) is 10.7 Å². The molecule has 0 aromatic heterocycles. The zero-order valence-electron chi connectivity index (χ0n) is 22.1. The molecule has 0 heterocycles. The highest BCUT2D eigenvalue weighted by molar-refractivity contribution is 7.92. The Kier molecular flexibility index (Phi) is 9.94. The number of aryl methyl sites for hydroxylation is 1. The Morgan fingerprint density at radius 3 is 2.11 bits per heavy atom. The minimum Gasteiger partial charge on any atom is -0.352 e. The van der Waals surface area contributed by atoms with E-state index >= 15 is 0 Å². The van der Waals surface area contributed by atoms with Gasteiger partial charge >= 0.3 is 0 Å².